The van der Waals surface area contributed by atoms with Crippen LogP contribution in [0.1, 0.15) is 47.9 Å². The van der Waals surface area contributed by atoms with Crippen molar-refractivity contribution in [2.45, 2.75) is 90.9 Å². The molecule has 0 unspecified atom stereocenters. The summed E-state index contributed by atoms with van der Waals surface area (Å²) in [7, 11) is 0. The van der Waals surface area contributed by atoms with Crippen molar-refractivity contribution in [3.63, 3.8) is 0 Å². The molecule has 5 heterocycles. The average molecular weight is 1090 g/mol. The van der Waals surface area contributed by atoms with Crippen molar-refractivity contribution in [1.29, 1.82) is 0 Å². The monoisotopic (exact) mass is 1090 g/mol. The van der Waals surface area contributed by atoms with Gasteiger partial charge >= 0.3 is 373 Å². The van der Waals surface area contributed by atoms with E-state index in [2.05, 4.69) is 0 Å². The van der Waals surface area contributed by atoms with E-state index in [1.54, 1.807) is 0 Å². The van der Waals surface area contributed by atoms with E-state index in [-0.39, 0.29) is 75.7 Å². The smallest absolute Gasteiger partial charge is 1.00 e. The third kappa shape index (κ3) is 7.69. The van der Waals surface area contributed by atoms with Crippen LogP contribution in [0.3, 0.4) is 0 Å². The maximum atomic E-state index is 16.4. The zero-order valence-electron chi connectivity index (χ0n) is 36.3. The Morgan fingerprint density at radius 1 is 0.352 bits per heavy atom. The molecule has 0 bridgehead atoms. The third-order valence-electron chi connectivity index (χ3n) is 12.8. The van der Waals surface area contributed by atoms with Gasteiger partial charge in [0.05, 0.1) is 0 Å². The first-order chi connectivity index (χ1) is 32.1. The second-order valence-corrected chi connectivity index (χ2v) is 21.9. The SMILES string of the molecule is C1CCOC1.C1CCOC1.FC(F)(F)C(F)(F)C1(C(F)(F)C(F)(F)F)O[P-]23(CC(c4ccccc4)(c4ccccc4)O2)(OC(C(F)(F)C(F)(F)F)(C(F)(F)C(F)(F)F)c2ccccc23)c2ccccc21.[K+]. The number of hydrogen-bond donors (Lipinski definition) is 0. The van der Waals surface area contributed by atoms with E-state index in [1.165, 1.54) is 37.8 Å². The molecule has 5 aliphatic rings. The molecule has 27 heteroatoms. The van der Waals surface area contributed by atoms with Crippen molar-refractivity contribution < 1.29 is 162 Å². The largest absolute Gasteiger partial charge is 1.00 e. The Morgan fingerprint density at radius 3 is 0.845 bits per heavy atom. The van der Waals surface area contributed by atoms with Crippen LogP contribution in [0, 0.1) is 0 Å². The molecule has 3 saturated heterocycles. The first kappa shape index (κ1) is 57.6. The van der Waals surface area contributed by atoms with Crippen LogP contribution in [-0.2, 0) is 39.8 Å². The molecule has 4 aromatic carbocycles. The van der Waals surface area contributed by atoms with Gasteiger partial charge in [0.1, 0.15) is 0 Å². The van der Waals surface area contributed by atoms with Gasteiger partial charge in [-0.3, -0.25) is 0 Å². The van der Waals surface area contributed by atoms with Crippen LogP contribution in [0.4, 0.5) is 87.8 Å². The van der Waals surface area contributed by atoms with Crippen LogP contribution in [-0.4, -0.2) is 81.0 Å². The van der Waals surface area contributed by atoms with Gasteiger partial charge in [-0.15, -0.1) is 0 Å². The minimum atomic E-state index is -9.55. The second-order valence-electron chi connectivity index (χ2n) is 16.9. The van der Waals surface area contributed by atoms with E-state index in [9.17, 15) is 52.7 Å². The van der Waals surface area contributed by atoms with Crippen molar-refractivity contribution in [2.75, 3.05) is 32.6 Å². The molecule has 71 heavy (non-hydrogen) atoms. The third-order valence-corrected chi connectivity index (χ3v) is 19.3. The standard InChI is InChI=1S/C36H20F20O3P.2C4H8O.K/c37-29(38,33(45,46)47)27(30(39,40)34(48,49)50)22-15-7-9-17-24(22)60(58-27,19-26(57-60,20-11-3-1-4-12-20)21-13-5-2-6-14-21)25-18-10-8-16-23(25)28(59-60,31(41,42)35(51,52)53)32(43,44)36(54,55)56;2*1-2-4-5-3-1;/h1-18H,19H2;2*1-4H2;/q-1;;;+1. The van der Waals surface area contributed by atoms with E-state index in [1.807, 2.05) is 0 Å². The molecule has 0 atom stereocenters. The van der Waals surface area contributed by atoms with E-state index < -0.39 is 123 Å². The molecule has 0 saturated carbocycles. The summed E-state index contributed by atoms with van der Waals surface area (Å²) in [6.45, 7) is -5.55. The summed E-state index contributed by atoms with van der Waals surface area (Å²) in [5.41, 5.74) is -23.4. The first-order valence-corrected chi connectivity index (χ1v) is 23.3. The van der Waals surface area contributed by atoms with Crippen molar-refractivity contribution >= 4 is 17.2 Å². The number of halogens is 20. The molecule has 1 spiro atoms. The van der Waals surface area contributed by atoms with Gasteiger partial charge in [0.2, 0.25) is 0 Å². The Labute approximate surface area is 431 Å². The van der Waals surface area contributed by atoms with Crippen molar-refractivity contribution in [2.24, 2.45) is 0 Å². The zero-order valence-corrected chi connectivity index (χ0v) is 40.3. The predicted molar refractivity (Wildman–Crippen MR) is 208 cm³/mol. The molecule has 0 aliphatic carbocycles. The molecule has 5 nitrogen and oxygen atoms in total. The molecule has 0 amide bonds. The molecule has 0 aromatic heterocycles. The maximum Gasteiger partial charge on any atom is 1.00 e. The Morgan fingerprint density at radius 2 is 0.606 bits per heavy atom. The van der Waals surface area contributed by atoms with Crippen LogP contribution >= 0.6 is 6.63 Å². The van der Waals surface area contributed by atoms with E-state index in [4.69, 9.17) is 23.0 Å². The molecule has 0 radical (unpaired) electrons. The summed E-state index contributed by atoms with van der Waals surface area (Å²) >= 11 is 0. The van der Waals surface area contributed by atoms with E-state index in [0.29, 0.717) is 12.1 Å². The van der Waals surface area contributed by atoms with Gasteiger partial charge < -0.3 is 9.47 Å². The number of alkyl halides is 20. The molecule has 3 fully saturated rings. The summed E-state index contributed by atoms with van der Waals surface area (Å²) in [5, 5.41) is -4.52. The Kier molecular flexibility index (Phi) is 14.6. The van der Waals surface area contributed by atoms with Crippen LogP contribution in [0.15, 0.2) is 109 Å². The first-order valence-electron chi connectivity index (χ1n) is 20.7. The van der Waals surface area contributed by atoms with Gasteiger partial charge in [0.15, 0.2) is 0 Å². The van der Waals surface area contributed by atoms with Crippen molar-refractivity contribution in [3.8, 4) is 0 Å². The van der Waals surface area contributed by atoms with Crippen LogP contribution < -0.4 is 62.0 Å². The molecule has 9 rings (SSSR count). The molecule has 4 aromatic rings. The van der Waals surface area contributed by atoms with Crippen LogP contribution in [0.2, 0.25) is 0 Å². The quantitative estimate of drug-likeness (QED) is 0.109. The maximum absolute atomic E-state index is 16.4. The Balaban J connectivity index is 0.000000668. The summed E-state index contributed by atoms with van der Waals surface area (Å²) in [5.74, 6) is -31.0. The number of fused-ring (bicyclic) bond motifs is 2. The van der Waals surface area contributed by atoms with Gasteiger partial charge in [-0.05, 0) is 25.7 Å². The number of rotatable bonds is 6. The predicted octanol–water partition coefficient (Wildman–Crippen LogP) is 10.3. The summed E-state index contributed by atoms with van der Waals surface area (Å²) in [6, 6.07) is 10.6. The van der Waals surface area contributed by atoms with Crippen molar-refractivity contribution in [3.05, 3.63) is 131 Å². The number of benzene rings is 4. The van der Waals surface area contributed by atoms with E-state index >= 15 is 35.1 Å². The minimum absolute atomic E-state index is 0. The molecule has 5 aliphatic heterocycles. The fraction of sp³-hybridized carbons (Fsp3) is 0.455. The topological polar surface area (TPSA) is 46.2 Å². The summed E-state index contributed by atoms with van der Waals surface area (Å²) < 4.78 is 333. The fourth-order valence-corrected chi connectivity index (χ4v) is 18.2. The van der Waals surface area contributed by atoms with Crippen molar-refractivity contribution in [1.82, 2.24) is 0 Å². The van der Waals surface area contributed by atoms with Gasteiger partial charge in [-0.1, -0.05) is 0 Å². The number of hydrogen-bond acceptors (Lipinski definition) is 5. The van der Waals surface area contributed by atoms with Gasteiger partial charge in [-0.2, -0.15) is 0 Å². The summed E-state index contributed by atoms with van der Waals surface area (Å²) in [6.07, 6.45) is -27.9. The molecule has 388 valence electrons. The van der Waals surface area contributed by atoms with Gasteiger partial charge in [-0.25, -0.2) is 0 Å². The average Bonchev–Trinajstić information content (AvgIpc) is 4.12. The van der Waals surface area contributed by atoms with Gasteiger partial charge in [0, 0.05) is 26.4 Å². The Hall–Kier alpha value is -2.65. The minimum Gasteiger partial charge on any atom is 1.00 e. The molecule has 0 N–H and O–H groups in total. The van der Waals surface area contributed by atoms with E-state index in [0.717, 1.165) is 75.0 Å². The summed E-state index contributed by atoms with van der Waals surface area (Å²) in [4.78, 5) is 0. The normalized spacial score (nSPS) is 22.6. The second kappa shape index (κ2) is 18.0. The molecular formula is C44H36F20KO5P. The Bertz CT molecular complexity index is 2310. The zero-order chi connectivity index (χ0) is 52.0. The van der Waals surface area contributed by atoms with Gasteiger partial charge in [0.25, 0.3) is 0 Å². The van der Waals surface area contributed by atoms with Crippen LogP contribution in [0.5, 0.6) is 0 Å². The number of ether oxygens (including phenoxy) is 2. The van der Waals surface area contributed by atoms with Crippen LogP contribution in [0.25, 0.3) is 0 Å². The fourth-order valence-electron chi connectivity index (χ4n) is 9.87. The molecular weight excluding hydrogens is 1060 g/mol.